The van der Waals surface area contributed by atoms with Gasteiger partial charge in [-0.1, -0.05) is 23.4 Å². The predicted octanol–water partition coefficient (Wildman–Crippen LogP) is 4.59. The average Bonchev–Trinajstić information content (AvgIpc) is 3.17. The summed E-state index contributed by atoms with van der Waals surface area (Å²) in [4.78, 5) is 30.2. The second kappa shape index (κ2) is 8.05. The Balaban J connectivity index is 1.85. The normalized spacial score (nSPS) is 11.5. The van der Waals surface area contributed by atoms with Crippen LogP contribution in [0.1, 0.15) is 32.0 Å². The van der Waals surface area contributed by atoms with Gasteiger partial charge in [-0.2, -0.15) is 13.2 Å². The number of nitrogens with zero attached hydrogens (tertiary/aromatic N) is 3. The molecular formula is C23H17F3N4O3. The number of aryl methyl sites for hydroxylation is 1. The molecule has 0 bridgehead atoms. The van der Waals surface area contributed by atoms with Gasteiger partial charge in [0.1, 0.15) is 0 Å². The molecule has 0 fully saturated rings. The zero-order valence-electron chi connectivity index (χ0n) is 17.5. The third-order valence-electron chi connectivity index (χ3n) is 5.20. The summed E-state index contributed by atoms with van der Waals surface area (Å²) in [5.74, 6) is -1.13. The van der Waals surface area contributed by atoms with Crippen LogP contribution >= 0.6 is 0 Å². The van der Waals surface area contributed by atoms with Crippen LogP contribution in [0.5, 0.6) is 0 Å². The first-order chi connectivity index (χ1) is 15.6. The summed E-state index contributed by atoms with van der Waals surface area (Å²) < 4.78 is 45.9. The van der Waals surface area contributed by atoms with Crippen molar-refractivity contribution in [1.82, 2.24) is 10.1 Å². The summed E-state index contributed by atoms with van der Waals surface area (Å²) in [7, 11) is 1.50. The number of carbonyl (C=O) groups excluding carboxylic acids is 2. The molecule has 2 aromatic carbocycles. The minimum atomic E-state index is -4.62. The van der Waals surface area contributed by atoms with E-state index in [2.05, 4.69) is 10.1 Å². The van der Waals surface area contributed by atoms with Gasteiger partial charge in [0.2, 0.25) is 5.91 Å². The topological polar surface area (TPSA) is 102 Å². The van der Waals surface area contributed by atoms with Gasteiger partial charge < -0.3 is 15.2 Å². The molecule has 2 heterocycles. The molecule has 7 nitrogen and oxygen atoms in total. The minimum absolute atomic E-state index is 0.0530. The summed E-state index contributed by atoms with van der Waals surface area (Å²) in [6, 6.07) is 12.3. The Morgan fingerprint density at radius 2 is 1.73 bits per heavy atom. The molecule has 0 saturated heterocycles. The molecule has 10 heteroatoms. The van der Waals surface area contributed by atoms with Crippen LogP contribution in [0.4, 0.5) is 18.9 Å². The van der Waals surface area contributed by atoms with Gasteiger partial charge in [0.05, 0.1) is 27.9 Å². The fourth-order valence-electron chi connectivity index (χ4n) is 3.50. The van der Waals surface area contributed by atoms with Crippen LogP contribution in [0.2, 0.25) is 0 Å². The van der Waals surface area contributed by atoms with Gasteiger partial charge in [0, 0.05) is 23.9 Å². The standard InChI is InChI=1S/C23H17F3N4O3/c1-12-19-16(22(32)30(2)14-9-7-13(8-10-14)20(27)31)11-18(28-21(19)33-29-12)15-5-3-4-6-17(15)23(24,25)26/h3-11H,1-2H3,(H2,27,31). The minimum Gasteiger partial charge on any atom is -0.366 e. The van der Waals surface area contributed by atoms with Crippen LogP contribution in [0.25, 0.3) is 22.4 Å². The highest BCUT2D eigenvalue weighted by molar-refractivity contribution is 6.14. The van der Waals surface area contributed by atoms with Crippen molar-refractivity contribution in [3.63, 3.8) is 0 Å². The number of nitrogens with two attached hydrogens (primary N) is 1. The van der Waals surface area contributed by atoms with E-state index < -0.39 is 23.6 Å². The van der Waals surface area contributed by atoms with E-state index in [1.165, 1.54) is 60.5 Å². The van der Waals surface area contributed by atoms with E-state index in [9.17, 15) is 22.8 Å². The summed E-state index contributed by atoms with van der Waals surface area (Å²) in [5.41, 5.74) is 5.20. The van der Waals surface area contributed by atoms with Crippen molar-refractivity contribution in [2.75, 3.05) is 11.9 Å². The number of hydrogen-bond acceptors (Lipinski definition) is 5. The molecule has 4 aromatic rings. The Labute approximate surface area is 185 Å². The molecule has 0 aliphatic rings. The highest BCUT2D eigenvalue weighted by Crippen LogP contribution is 2.38. The van der Waals surface area contributed by atoms with Crippen molar-refractivity contribution >= 4 is 28.6 Å². The Morgan fingerprint density at radius 3 is 2.36 bits per heavy atom. The van der Waals surface area contributed by atoms with E-state index in [0.29, 0.717) is 16.8 Å². The molecule has 168 valence electrons. The van der Waals surface area contributed by atoms with Gasteiger partial charge in [0.15, 0.2) is 0 Å². The van der Waals surface area contributed by atoms with Crippen LogP contribution in [-0.2, 0) is 6.18 Å². The molecule has 4 rings (SSSR count). The first-order valence-electron chi connectivity index (χ1n) is 9.69. The van der Waals surface area contributed by atoms with Crippen molar-refractivity contribution in [2.24, 2.45) is 5.73 Å². The van der Waals surface area contributed by atoms with Crippen LogP contribution in [0.15, 0.2) is 59.1 Å². The lowest BCUT2D eigenvalue weighted by Gasteiger charge is -2.19. The summed E-state index contributed by atoms with van der Waals surface area (Å²) >= 11 is 0. The van der Waals surface area contributed by atoms with E-state index in [-0.39, 0.29) is 28.1 Å². The number of rotatable bonds is 4. The Hall–Kier alpha value is -4.21. The van der Waals surface area contributed by atoms with E-state index in [4.69, 9.17) is 10.3 Å². The van der Waals surface area contributed by atoms with Crippen molar-refractivity contribution in [3.05, 3.63) is 77.0 Å². The van der Waals surface area contributed by atoms with Crippen molar-refractivity contribution in [2.45, 2.75) is 13.1 Å². The maximum atomic E-state index is 13.6. The molecule has 0 spiro atoms. The molecule has 33 heavy (non-hydrogen) atoms. The third-order valence-corrected chi connectivity index (χ3v) is 5.20. The Bertz CT molecular complexity index is 1380. The molecular weight excluding hydrogens is 437 g/mol. The number of fused-ring (bicyclic) bond motifs is 1. The van der Waals surface area contributed by atoms with E-state index >= 15 is 0 Å². The number of benzene rings is 2. The fraction of sp³-hybridized carbons (Fsp3) is 0.130. The number of amides is 2. The number of alkyl halides is 3. The summed E-state index contributed by atoms with van der Waals surface area (Å²) in [6.45, 7) is 1.61. The molecule has 2 N–H and O–H groups in total. The monoisotopic (exact) mass is 454 g/mol. The lowest BCUT2D eigenvalue weighted by atomic mass is 10.00. The number of aromatic nitrogens is 2. The smallest absolute Gasteiger partial charge is 0.366 e. The molecule has 2 amide bonds. The predicted molar refractivity (Wildman–Crippen MR) is 115 cm³/mol. The van der Waals surface area contributed by atoms with Gasteiger partial charge in [-0.3, -0.25) is 9.59 Å². The molecule has 0 aliphatic carbocycles. The van der Waals surface area contributed by atoms with Gasteiger partial charge in [-0.25, -0.2) is 4.98 Å². The first-order valence-corrected chi connectivity index (χ1v) is 9.69. The molecule has 0 aliphatic heterocycles. The fourth-order valence-corrected chi connectivity index (χ4v) is 3.50. The number of pyridine rings is 1. The lowest BCUT2D eigenvalue weighted by Crippen LogP contribution is -2.26. The van der Waals surface area contributed by atoms with Gasteiger partial charge in [-0.05, 0) is 43.3 Å². The molecule has 0 saturated carbocycles. The zero-order valence-corrected chi connectivity index (χ0v) is 17.5. The zero-order chi connectivity index (χ0) is 23.9. The van der Waals surface area contributed by atoms with Crippen molar-refractivity contribution < 1.29 is 27.3 Å². The number of primary amides is 1. The van der Waals surface area contributed by atoms with Gasteiger partial charge in [-0.15, -0.1) is 0 Å². The maximum Gasteiger partial charge on any atom is 0.417 e. The third kappa shape index (κ3) is 4.02. The largest absolute Gasteiger partial charge is 0.417 e. The first kappa shape index (κ1) is 22.0. The second-order valence-electron chi connectivity index (χ2n) is 7.32. The molecule has 0 radical (unpaired) electrons. The second-order valence-corrected chi connectivity index (χ2v) is 7.32. The molecule has 2 aromatic heterocycles. The summed E-state index contributed by atoms with van der Waals surface area (Å²) in [5, 5.41) is 4.13. The van der Waals surface area contributed by atoms with Crippen LogP contribution in [0.3, 0.4) is 0 Å². The number of halogens is 3. The van der Waals surface area contributed by atoms with Gasteiger partial charge in [0.25, 0.3) is 11.6 Å². The summed E-state index contributed by atoms with van der Waals surface area (Å²) in [6.07, 6.45) is -4.62. The van der Waals surface area contributed by atoms with Crippen LogP contribution < -0.4 is 10.6 Å². The quantitative estimate of drug-likeness (QED) is 0.486. The number of anilines is 1. The van der Waals surface area contributed by atoms with Crippen LogP contribution in [0, 0.1) is 6.92 Å². The van der Waals surface area contributed by atoms with Gasteiger partial charge >= 0.3 is 6.18 Å². The average molecular weight is 454 g/mol. The number of carbonyl (C=O) groups is 2. The van der Waals surface area contributed by atoms with E-state index in [1.54, 1.807) is 6.92 Å². The SMILES string of the molecule is Cc1noc2nc(-c3ccccc3C(F)(F)F)cc(C(=O)N(C)c3ccc(C(N)=O)cc3)c12. The molecule has 0 atom stereocenters. The van der Waals surface area contributed by atoms with Crippen LogP contribution in [-0.4, -0.2) is 29.0 Å². The van der Waals surface area contributed by atoms with E-state index in [0.717, 1.165) is 6.07 Å². The number of hydrogen-bond donors (Lipinski definition) is 1. The highest BCUT2D eigenvalue weighted by atomic mass is 19.4. The Morgan fingerprint density at radius 1 is 1.06 bits per heavy atom. The van der Waals surface area contributed by atoms with E-state index in [1.807, 2.05) is 0 Å². The lowest BCUT2D eigenvalue weighted by molar-refractivity contribution is -0.137. The Kier molecular flexibility index (Phi) is 5.36. The maximum absolute atomic E-state index is 13.6. The highest BCUT2D eigenvalue weighted by Gasteiger charge is 2.34. The van der Waals surface area contributed by atoms with Crippen molar-refractivity contribution in [3.8, 4) is 11.3 Å². The van der Waals surface area contributed by atoms with Crippen molar-refractivity contribution in [1.29, 1.82) is 0 Å². The molecule has 0 unspecified atom stereocenters.